The topological polar surface area (TPSA) is 84.9 Å². The number of hydrogen-bond acceptors (Lipinski definition) is 7. The van der Waals surface area contributed by atoms with Crippen molar-refractivity contribution in [1.82, 2.24) is 10.2 Å². The SMILES string of the molecule is COc1ccc(COC(=O)C2=C(Sc3ccccc3CCl)CS[C@@H]3[C@H](NC(=O)Cc4ccccc4)C(=O)N23)cc1. The lowest BCUT2D eigenvalue weighted by atomic mass is 10.0. The van der Waals surface area contributed by atoms with Gasteiger partial charge in [0.2, 0.25) is 5.91 Å². The molecule has 2 amide bonds. The van der Waals surface area contributed by atoms with Crippen LogP contribution in [0.3, 0.4) is 0 Å². The number of carbonyl (C=O) groups excluding carboxylic acids is 3. The number of esters is 1. The van der Waals surface area contributed by atoms with E-state index in [1.807, 2.05) is 66.7 Å². The van der Waals surface area contributed by atoms with E-state index in [9.17, 15) is 14.4 Å². The number of methoxy groups -OCH3 is 1. The van der Waals surface area contributed by atoms with E-state index in [1.54, 1.807) is 19.2 Å². The summed E-state index contributed by atoms with van der Waals surface area (Å²) in [5, 5.41) is 2.46. The number of halogens is 1. The van der Waals surface area contributed by atoms with Crippen LogP contribution in [0, 0.1) is 0 Å². The normalized spacial score (nSPS) is 18.1. The van der Waals surface area contributed by atoms with Crippen molar-refractivity contribution in [3.8, 4) is 5.75 Å². The van der Waals surface area contributed by atoms with Crippen LogP contribution in [0.4, 0.5) is 0 Å². The molecule has 0 spiro atoms. The Hall–Kier alpha value is -3.40. The third-order valence-corrected chi connectivity index (χ3v) is 9.48. The number of benzene rings is 3. The Morgan fingerprint density at radius 3 is 2.48 bits per heavy atom. The molecule has 0 aromatic heterocycles. The van der Waals surface area contributed by atoms with Crippen LogP contribution in [0.1, 0.15) is 16.7 Å². The first-order valence-corrected chi connectivity index (χ1v) is 15.0. The number of nitrogens with zero attached hydrogens (tertiary/aromatic N) is 1. The molecule has 1 saturated heterocycles. The van der Waals surface area contributed by atoms with E-state index in [0.29, 0.717) is 22.3 Å². The highest BCUT2D eigenvalue weighted by Crippen LogP contribution is 2.46. The van der Waals surface area contributed by atoms with Crippen molar-refractivity contribution in [3.63, 3.8) is 0 Å². The maximum Gasteiger partial charge on any atom is 0.356 e. The van der Waals surface area contributed by atoms with E-state index < -0.39 is 17.4 Å². The highest BCUT2D eigenvalue weighted by atomic mass is 35.5. The van der Waals surface area contributed by atoms with Crippen molar-refractivity contribution in [2.24, 2.45) is 0 Å². The van der Waals surface area contributed by atoms with Gasteiger partial charge in [0.15, 0.2) is 0 Å². The molecule has 2 aliphatic rings. The summed E-state index contributed by atoms with van der Waals surface area (Å²) in [6.45, 7) is 0.0413. The van der Waals surface area contributed by atoms with Crippen LogP contribution in [-0.2, 0) is 38.0 Å². The lowest BCUT2D eigenvalue weighted by Crippen LogP contribution is -2.70. The molecule has 1 N–H and O–H groups in total. The quantitative estimate of drug-likeness (QED) is 0.198. The van der Waals surface area contributed by atoms with Gasteiger partial charge in [0.05, 0.1) is 13.5 Å². The van der Waals surface area contributed by atoms with Crippen LogP contribution in [0.25, 0.3) is 0 Å². The van der Waals surface area contributed by atoms with Crippen molar-refractivity contribution in [3.05, 3.63) is 106 Å². The molecule has 0 bridgehead atoms. The Morgan fingerprint density at radius 2 is 1.75 bits per heavy atom. The number of fused-ring (bicyclic) bond motifs is 1. The summed E-state index contributed by atoms with van der Waals surface area (Å²) in [6, 6.07) is 23.6. The van der Waals surface area contributed by atoms with Gasteiger partial charge in [0.25, 0.3) is 5.91 Å². The fourth-order valence-electron chi connectivity index (χ4n) is 4.45. The molecule has 0 unspecified atom stereocenters. The Morgan fingerprint density at radius 1 is 1.02 bits per heavy atom. The highest BCUT2D eigenvalue weighted by Gasteiger charge is 2.54. The largest absolute Gasteiger partial charge is 0.497 e. The van der Waals surface area contributed by atoms with E-state index >= 15 is 0 Å². The fourth-order valence-corrected chi connectivity index (χ4v) is 7.36. The zero-order valence-corrected chi connectivity index (χ0v) is 24.1. The molecule has 0 aliphatic carbocycles. The van der Waals surface area contributed by atoms with Crippen LogP contribution in [0.2, 0.25) is 0 Å². The minimum absolute atomic E-state index is 0.0413. The fraction of sp³-hybridized carbons (Fsp3) is 0.233. The first-order chi connectivity index (χ1) is 19.5. The van der Waals surface area contributed by atoms with E-state index in [2.05, 4.69) is 5.32 Å². The Balaban J connectivity index is 1.36. The molecule has 5 rings (SSSR count). The van der Waals surface area contributed by atoms with Gasteiger partial charge in [-0.15, -0.1) is 23.4 Å². The summed E-state index contributed by atoms with van der Waals surface area (Å²) in [5.41, 5.74) is 2.80. The van der Waals surface area contributed by atoms with Gasteiger partial charge in [0.1, 0.15) is 29.5 Å². The van der Waals surface area contributed by atoms with Crippen LogP contribution < -0.4 is 10.1 Å². The Kier molecular flexibility index (Phi) is 9.04. The van der Waals surface area contributed by atoms with Gasteiger partial charge in [-0.3, -0.25) is 14.5 Å². The molecule has 40 heavy (non-hydrogen) atoms. The number of thioether (sulfide) groups is 2. The number of ether oxygens (including phenoxy) is 2. The molecule has 0 radical (unpaired) electrons. The van der Waals surface area contributed by atoms with Crippen molar-refractivity contribution in [2.45, 2.75) is 35.2 Å². The summed E-state index contributed by atoms with van der Waals surface area (Å²) in [5.74, 6) is 0.338. The number of carbonyl (C=O) groups is 3. The summed E-state index contributed by atoms with van der Waals surface area (Å²) in [4.78, 5) is 42.7. The zero-order chi connectivity index (χ0) is 28.1. The van der Waals surface area contributed by atoms with Crippen molar-refractivity contribution in [1.29, 1.82) is 0 Å². The lowest BCUT2D eigenvalue weighted by Gasteiger charge is -2.49. The van der Waals surface area contributed by atoms with Gasteiger partial charge in [0, 0.05) is 21.4 Å². The Bertz CT molecular complexity index is 1430. The Labute approximate surface area is 246 Å². The van der Waals surface area contributed by atoms with Crippen LogP contribution in [0.5, 0.6) is 5.75 Å². The maximum absolute atomic E-state index is 13.5. The smallest absolute Gasteiger partial charge is 0.356 e. The third kappa shape index (κ3) is 6.16. The van der Waals surface area contributed by atoms with Gasteiger partial charge >= 0.3 is 5.97 Å². The number of hydrogen-bond donors (Lipinski definition) is 1. The van der Waals surface area contributed by atoms with Gasteiger partial charge in [-0.05, 0) is 34.9 Å². The number of amides is 2. The van der Waals surface area contributed by atoms with E-state index in [1.165, 1.54) is 28.4 Å². The zero-order valence-electron chi connectivity index (χ0n) is 21.7. The molecule has 10 heteroatoms. The number of rotatable bonds is 10. The molecule has 2 heterocycles. The summed E-state index contributed by atoms with van der Waals surface area (Å²) in [6.07, 6.45) is 0.172. The highest BCUT2D eigenvalue weighted by molar-refractivity contribution is 8.06. The number of β-lactam (4-membered cyclic amide) rings is 1. The average Bonchev–Trinajstić information content (AvgIpc) is 2.99. The number of nitrogens with one attached hydrogen (secondary N) is 1. The second kappa shape index (κ2) is 12.8. The first-order valence-electron chi connectivity index (χ1n) is 12.6. The second-order valence-corrected chi connectivity index (χ2v) is 11.7. The molecule has 7 nitrogen and oxygen atoms in total. The van der Waals surface area contributed by atoms with Crippen LogP contribution in [-0.4, -0.2) is 47.0 Å². The van der Waals surface area contributed by atoms with Crippen molar-refractivity contribution in [2.75, 3.05) is 12.9 Å². The average molecular weight is 595 g/mol. The minimum Gasteiger partial charge on any atom is -0.497 e. The summed E-state index contributed by atoms with van der Waals surface area (Å²) >= 11 is 9.08. The summed E-state index contributed by atoms with van der Waals surface area (Å²) in [7, 11) is 1.59. The number of alkyl halides is 1. The monoisotopic (exact) mass is 594 g/mol. The molecular weight excluding hydrogens is 568 g/mol. The van der Waals surface area contributed by atoms with E-state index in [0.717, 1.165) is 21.6 Å². The molecular formula is C30H27ClN2O5S2. The van der Waals surface area contributed by atoms with Crippen LogP contribution in [0.15, 0.2) is 94.4 Å². The van der Waals surface area contributed by atoms with Gasteiger partial charge < -0.3 is 14.8 Å². The molecule has 206 valence electrons. The molecule has 0 saturated carbocycles. The molecule has 3 aromatic carbocycles. The molecule has 2 atom stereocenters. The first kappa shape index (κ1) is 28.1. The second-order valence-electron chi connectivity index (χ2n) is 9.16. The maximum atomic E-state index is 13.5. The van der Waals surface area contributed by atoms with E-state index in [4.69, 9.17) is 21.1 Å². The molecule has 1 fully saturated rings. The van der Waals surface area contributed by atoms with Gasteiger partial charge in [-0.25, -0.2) is 4.79 Å². The predicted octanol–water partition coefficient (Wildman–Crippen LogP) is 5.12. The minimum atomic E-state index is -0.715. The van der Waals surface area contributed by atoms with Crippen molar-refractivity contribution >= 4 is 52.9 Å². The molecule has 2 aliphatic heterocycles. The lowest BCUT2D eigenvalue weighted by molar-refractivity contribution is -0.153. The predicted molar refractivity (Wildman–Crippen MR) is 157 cm³/mol. The summed E-state index contributed by atoms with van der Waals surface area (Å²) < 4.78 is 10.9. The van der Waals surface area contributed by atoms with Gasteiger partial charge in [-0.1, -0.05) is 72.4 Å². The van der Waals surface area contributed by atoms with Crippen molar-refractivity contribution < 1.29 is 23.9 Å². The third-order valence-electron chi connectivity index (χ3n) is 6.53. The van der Waals surface area contributed by atoms with E-state index in [-0.39, 0.29) is 30.5 Å². The van der Waals surface area contributed by atoms with Gasteiger partial charge in [-0.2, -0.15) is 0 Å². The van der Waals surface area contributed by atoms with Crippen LogP contribution >= 0.6 is 35.1 Å². The molecule has 3 aromatic rings. The standard InChI is InChI=1S/C30H27ClN2O5S2/c1-37-22-13-11-20(12-14-22)17-38-30(36)27-24(40-23-10-6-5-9-21(23)16-31)18-39-29-26(28(35)33(27)29)32-25(34)15-19-7-3-2-4-8-19/h2-14,26,29H,15-18H2,1H3,(H,32,34)/t26-,29-/m1/s1.